The Bertz CT molecular complexity index is 561. The second-order valence-electron chi connectivity index (χ2n) is 6.14. The molecule has 2 unspecified atom stereocenters. The van der Waals surface area contributed by atoms with Crippen molar-refractivity contribution in [2.75, 3.05) is 20.3 Å². The third kappa shape index (κ3) is 2.61. The number of hydrogen-bond acceptors (Lipinski definition) is 3. The Labute approximate surface area is 125 Å². The second kappa shape index (κ2) is 5.18. The topological polar surface area (TPSA) is 32.7 Å². The summed E-state index contributed by atoms with van der Waals surface area (Å²) < 4.78 is 58.1. The van der Waals surface area contributed by atoms with E-state index in [1.54, 1.807) is 0 Å². The molecular weight excluding hydrogens is 302 g/mol. The first kappa shape index (κ1) is 15.7. The average Bonchev–Trinajstić information content (AvgIpc) is 2.40. The molecule has 2 saturated heterocycles. The maximum atomic E-state index is 14.1. The highest BCUT2D eigenvalue weighted by atomic mass is 19.4. The summed E-state index contributed by atoms with van der Waals surface area (Å²) in [6.07, 6.45) is -4.26. The number of ether oxygens (including phenoxy) is 1. The van der Waals surface area contributed by atoms with E-state index in [-0.39, 0.29) is 30.5 Å². The van der Waals surface area contributed by atoms with Crippen LogP contribution in [0.4, 0.5) is 17.6 Å². The van der Waals surface area contributed by atoms with E-state index in [1.807, 2.05) is 11.9 Å². The van der Waals surface area contributed by atoms with Crippen LogP contribution in [-0.2, 0) is 16.5 Å². The van der Waals surface area contributed by atoms with Gasteiger partial charge in [-0.15, -0.1) is 0 Å². The second-order valence-corrected chi connectivity index (χ2v) is 6.14. The number of likely N-dealkylation sites (N-methyl/N-ethyl adjacent to an activating group) is 1. The SMILES string of the molecule is CN1C2COCC1CC(O)(c1cc(C(F)(F)F)ccc1F)C2. The van der Waals surface area contributed by atoms with Gasteiger partial charge in [0, 0.05) is 17.6 Å². The van der Waals surface area contributed by atoms with Crippen molar-refractivity contribution in [3.05, 3.63) is 35.1 Å². The molecule has 0 aromatic heterocycles. The van der Waals surface area contributed by atoms with E-state index in [0.717, 1.165) is 12.1 Å². The third-order valence-electron chi connectivity index (χ3n) is 4.71. The van der Waals surface area contributed by atoms with Gasteiger partial charge < -0.3 is 9.84 Å². The van der Waals surface area contributed by atoms with Gasteiger partial charge in [-0.05, 0) is 38.1 Å². The summed E-state index contributed by atoms with van der Waals surface area (Å²) in [7, 11) is 1.89. The van der Waals surface area contributed by atoms with Crippen LogP contribution in [0.3, 0.4) is 0 Å². The Hall–Kier alpha value is -1.18. The van der Waals surface area contributed by atoms with Crippen molar-refractivity contribution < 1.29 is 27.4 Å². The van der Waals surface area contributed by atoms with Gasteiger partial charge in [0.2, 0.25) is 0 Å². The van der Waals surface area contributed by atoms with Gasteiger partial charge in [-0.2, -0.15) is 13.2 Å². The van der Waals surface area contributed by atoms with Gasteiger partial charge in [-0.1, -0.05) is 0 Å². The van der Waals surface area contributed by atoms with Crippen molar-refractivity contribution in [1.82, 2.24) is 4.90 Å². The van der Waals surface area contributed by atoms with E-state index < -0.39 is 23.2 Å². The monoisotopic (exact) mass is 319 g/mol. The van der Waals surface area contributed by atoms with Gasteiger partial charge in [-0.25, -0.2) is 4.39 Å². The average molecular weight is 319 g/mol. The molecule has 0 aliphatic carbocycles. The molecule has 3 rings (SSSR count). The number of benzene rings is 1. The Kier molecular flexibility index (Phi) is 3.70. The Morgan fingerprint density at radius 3 is 2.36 bits per heavy atom. The fourth-order valence-corrected chi connectivity index (χ4v) is 3.42. The van der Waals surface area contributed by atoms with E-state index in [1.165, 1.54) is 0 Å². The lowest BCUT2D eigenvalue weighted by molar-refractivity contribution is -0.142. The van der Waals surface area contributed by atoms with Gasteiger partial charge in [0.05, 0.1) is 24.4 Å². The first-order valence-corrected chi connectivity index (χ1v) is 7.10. The number of halogens is 4. The van der Waals surface area contributed by atoms with Crippen molar-refractivity contribution in [2.45, 2.75) is 36.7 Å². The molecular formula is C15H17F4NO2. The zero-order valence-electron chi connectivity index (χ0n) is 12.0. The summed E-state index contributed by atoms with van der Waals surface area (Å²) in [5, 5.41) is 10.8. The summed E-state index contributed by atoms with van der Waals surface area (Å²) in [6.45, 7) is 0.770. The smallest absolute Gasteiger partial charge is 0.385 e. The van der Waals surface area contributed by atoms with E-state index in [9.17, 15) is 22.7 Å². The highest BCUT2D eigenvalue weighted by Crippen LogP contribution is 2.42. The molecule has 0 radical (unpaired) electrons. The minimum Gasteiger partial charge on any atom is -0.385 e. The summed E-state index contributed by atoms with van der Waals surface area (Å²) in [5.41, 5.74) is -2.82. The number of piperidine rings is 1. The minimum absolute atomic E-state index is 0.133. The van der Waals surface area contributed by atoms with Crippen LogP contribution in [0.2, 0.25) is 0 Å². The molecule has 2 bridgehead atoms. The first-order chi connectivity index (χ1) is 10.2. The minimum atomic E-state index is -4.57. The Morgan fingerprint density at radius 2 is 1.82 bits per heavy atom. The molecule has 2 fully saturated rings. The van der Waals surface area contributed by atoms with Crippen LogP contribution >= 0.6 is 0 Å². The molecule has 2 aliphatic heterocycles. The van der Waals surface area contributed by atoms with Crippen molar-refractivity contribution in [3.8, 4) is 0 Å². The van der Waals surface area contributed by atoms with Crippen molar-refractivity contribution >= 4 is 0 Å². The molecule has 1 aromatic rings. The molecule has 3 nitrogen and oxygen atoms in total. The molecule has 7 heteroatoms. The van der Waals surface area contributed by atoms with Crippen LogP contribution in [0.5, 0.6) is 0 Å². The molecule has 2 atom stereocenters. The van der Waals surface area contributed by atoms with Gasteiger partial charge >= 0.3 is 6.18 Å². The van der Waals surface area contributed by atoms with Crippen LogP contribution < -0.4 is 0 Å². The van der Waals surface area contributed by atoms with E-state index in [2.05, 4.69) is 0 Å². The van der Waals surface area contributed by atoms with Crippen LogP contribution in [0.25, 0.3) is 0 Å². The van der Waals surface area contributed by atoms with E-state index in [4.69, 9.17) is 4.74 Å². The van der Waals surface area contributed by atoms with Crippen molar-refractivity contribution in [3.63, 3.8) is 0 Å². The summed E-state index contributed by atoms with van der Waals surface area (Å²) in [4.78, 5) is 2.05. The fourth-order valence-electron chi connectivity index (χ4n) is 3.42. The lowest BCUT2D eigenvalue weighted by atomic mass is 9.76. The van der Waals surface area contributed by atoms with Crippen LogP contribution in [-0.4, -0.2) is 42.4 Å². The molecule has 122 valence electrons. The van der Waals surface area contributed by atoms with Crippen LogP contribution in [0.1, 0.15) is 24.0 Å². The standard InChI is InChI=1S/C15H17F4NO2/c1-20-10-5-14(21,6-11(20)8-22-7-10)12-4-9(15(17,18)19)2-3-13(12)16/h2-4,10-11,21H,5-8H2,1H3. The lowest BCUT2D eigenvalue weighted by Crippen LogP contribution is -2.59. The van der Waals surface area contributed by atoms with Crippen LogP contribution in [0.15, 0.2) is 18.2 Å². The molecule has 22 heavy (non-hydrogen) atoms. The summed E-state index contributed by atoms with van der Waals surface area (Å²) in [6, 6.07) is 1.94. The maximum absolute atomic E-state index is 14.1. The number of aliphatic hydroxyl groups is 1. The zero-order valence-corrected chi connectivity index (χ0v) is 12.0. The number of hydrogen-bond donors (Lipinski definition) is 1. The Morgan fingerprint density at radius 1 is 1.23 bits per heavy atom. The van der Waals surface area contributed by atoms with Crippen LogP contribution in [0, 0.1) is 5.82 Å². The van der Waals surface area contributed by atoms with Gasteiger partial charge in [0.25, 0.3) is 0 Å². The van der Waals surface area contributed by atoms with Crippen molar-refractivity contribution in [1.29, 1.82) is 0 Å². The number of morpholine rings is 1. The summed E-state index contributed by atoms with van der Waals surface area (Å²) >= 11 is 0. The summed E-state index contributed by atoms with van der Waals surface area (Å²) in [5.74, 6) is -0.806. The van der Waals surface area contributed by atoms with Gasteiger partial charge in [0.15, 0.2) is 0 Å². The van der Waals surface area contributed by atoms with E-state index in [0.29, 0.717) is 19.3 Å². The molecule has 0 saturated carbocycles. The molecule has 2 aliphatic rings. The predicted octanol–water partition coefficient (Wildman–Crippen LogP) is 2.53. The predicted molar refractivity (Wildman–Crippen MR) is 70.7 cm³/mol. The molecule has 0 spiro atoms. The number of rotatable bonds is 1. The zero-order chi connectivity index (χ0) is 16.1. The molecule has 1 N–H and O–H groups in total. The molecule has 1 aromatic carbocycles. The Balaban J connectivity index is 1.99. The third-order valence-corrected chi connectivity index (χ3v) is 4.71. The lowest BCUT2D eigenvalue weighted by Gasteiger charge is -2.50. The molecule has 0 amide bonds. The van der Waals surface area contributed by atoms with Crippen molar-refractivity contribution in [2.24, 2.45) is 0 Å². The first-order valence-electron chi connectivity index (χ1n) is 7.10. The molecule has 2 heterocycles. The highest BCUT2D eigenvalue weighted by molar-refractivity contribution is 5.32. The maximum Gasteiger partial charge on any atom is 0.416 e. The largest absolute Gasteiger partial charge is 0.416 e. The normalized spacial score (nSPS) is 33.0. The van der Waals surface area contributed by atoms with E-state index >= 15 is 0 Å². The van der Waals surface area contributed by atoms with Gasteiger partial charge in [-0.3, -0.25) is 4.90 Å². The fraction of sp³-hybridized carbons (Fsp3) is 0.600. The number of fused-ring (bicyclic) bond motifs is 2. The number of alkyl halides is 3. The van der Waals surface area contributed by atoms with Gasteiger partial charge in [0.1, 0.15) is 5.82 Å². The highest BCUT2D eigenvalue weighted by Gasteiger charge is 2.47. The number of nitrogens with zero attached hydrogens (tertiary/aromatic N) is 1. The quantitative estimate of drug-likeness (QED) is 0.808.